The fourth-order valence-electron chi connectivity index (χ4n) is 4.07. The second kappa shape index (κ2) is 7.96. The van der Waals surface area contributed by atoms with Crippen molar-refractivity contribution in [2.45, 2.75) is 38.0 Å². The molecule has 5 rings (SSSR count). The number of nitrogens with zero attached hydrogens (tertiary/aromatic N) is 2. The van der Waals surface area contributed by atoms with Gasteiger partial charge in [-0.1, -0.05) is 12.1 Å². The fraction of sp³-hybridized carbons (Fsp3) is 0.261. The minimum absolute atomic E-state index is 0.00692. The first kappa shape index (κ1) is 21.6. The van der Waals surface area contributed by atoms with E-state index in [1.807, 2.05) is 0 Å². The van der Waals surface area contributed by atoms with Crippen LogP contribution in [0.15, 0.2) is 45.8 Å². The number of nitrogen functional groups attached to an aromatic ring is 1. The first-order chi connectivity index (χ1) is 15.7. The number of aromatic nitrogens is 2. The Hall–Kier alpha value is -3.24. The first-order valence-corrected chi connectivity index (χ1v) is 12.8. The third-order valence-corrected chi connectivity index (χ3v) is 8.32. The van der Waals surface area contributed by atoms with E-state index < -0.39 is 10.0 Å². The molecule has 1 atom stereocenters. The first-order valence-electron chi connectivity index (χ1n) is 10.5. The van der Waals surface area contributed by atoms with E-state index in [4.69, 9.17) is 15.2 Å². The van der Waals surface area contributed by atoms with Crippen molar-refractivity contribution in [3.63, 3.8) is 0 Å². The van der Waals surface area contributed by atoms with Crippen molar-refractivity contribution in [2.24, 2.45) is 5.92 Å². The van der Waals surface area contributed by atoms with Crippen LogP contribution in [0.4, 0.5) is 11.5 Å². The monoisotopic (exact) mass is 482 g/mol. The summed E-state index contributed by atoms with van der Waals surface area (Å²) in [5, 5.41) is 4.44. The standard InChI is InChI=1S/C23H22N4O4S2/c1-12-3-8-18-15(9-12)11-17-20(24)22(32-23(17)25-18)21(28)14-4-6-16(7-5-14)33(29,30)27-19-10-13(2)31-26-19/h4-7,10-12H,3,8-9,24H2,1-2H3,(H,26,27). The van der Waals surface area contributed by atoms with Crippen LogP contribution in [-0.4, -0.2) is 24.3 Å². The van der Waals surface area contributed by atoms with Crippen molar-refractivity contribution in [1.29, 1.82) is 0 Å². The number of aryl methyl sites for hydroxylation is 2. The lowest BCUT2D eigenvalue weighted by molar-refractivity contribution is 0.104. The second-order valence-electron chi connectivity index (χ2n) is 8.42. The highest BCUT2D eigenvalue weighted by atomic mass is 32.2. The molecule has 0 aliphatic heterocycles. The van der Waals surface area contributed by atoms with E-state index in [2.05, 4.69) is 22.9 Å². The molecule has 1 aliphatic rings. The zero-order chi connectivity index (χ0) is 23.3. The van der Waals surface area contributed by atoms with Crippen LogP contribution in [0.2, 0.25) is 0 Å². The predicted octanol–water partition coefficient (Wildman–Crippen LogP) is 4.33. The van der Waals surface area contributed by atoms with Gasteiger partial charge >= 0.3 is 0 Å². The number of hydrogen-bond acceptors (Lipinski definition) is 8. The molecular formula is C23H22N4O4S2. The lowest BCUT2D eigenvalue weighted by atomic mass is 9.87. The second-order valence-corrected chi connectivity index (χ2v) is 11.1. The van der Waals surface area contributed by atoms with Crippen LogP contribution >= 0.6 is 11.3 Å². The SMILES string of the molecule is Cc1cc(NS(=O)(=O)c2ccc(C(=O)c3sc4nc5c(cc4c3N)CC(C)CC5)cc2)no1. The molecular weight excluding hydrogens is 460 g/mol. The zero-order valence-electron chi connectivity index (χ0n) is 18.1. The van der Waals surface area contributed by atoms with Gasteiger partial charge in [0.05, 0.1) is 10.6 Å². The van der Waals surface area contributed by atoms with Crippen LogP contribution in [0, 0.1) is 12.8 Å². The fourth-order valence-corrected chi connectivity index (χ4v) is 6.11. The molecule has 1 aromatic carbocycles. The van der Waals surface area contributed by atoms with E-state index in [1.165, 1.54) is 47.2 Å². The van der Waals surface area contributed by atoms with Gasteiger partial charge in [-0.25, -0.2) is 13.4 Å². The number of nitrogens with one attached hydrogen (secondary N) is 1. The van der Waals surface area contributed by atoms with Crippen molar-refractivity contribution < 1.29 is 17.7 Å². The Bertz CT molecular complexity index is 1490. The van der Waals surface area contributed by atoms with Gasteiger partial charge in [-0.2, -0.15) is 0 Å². The van der Waals surface area contributed by atoms with E-state index >= 15 is 0 Å². The number of nitrogens with two attached hydrogens (primary N) is 1. The summed E-state index contributed by atoms with van der Waals surface area (Å²) in [6, 6.07) is 9.27. The third-order valence-electron chi connectivity index (χ3n) is 5.83. The number of pyridine rings is 1. The average Bonchev–Trinajstić information content (AvgIpc) is 3.33. The van der Waals surface area contributed by atoms with Gasteiger partial charge < -0.3 is 10.3 Å². The molecule has 33 heavy (non-hydrogen) atoms. The maximum Gasteiger partial charge on any atom is 0.263 e. The summed E-state index contributed by atoms with van der Waals surface area (Å²) >= 11 is 1.28. The molecule has 4 aromatic rings. The number of thiophene rings is 1. The van der Waals surface area contributed by atoms with Gasteiger partial charge in [-0.05, 0) is 68.0 Å². The highest BCUT2D eigenvalue weighted by Crippen LogP contribution is 2.37. The molecule has 10 heteroatoms. The summed E-state index contributed by atoms with van der Waals surface area (Å²) in [6.07, 6.45) is 3.01. The maximum atomic E-state index is 13.2. The number of benzene rings is 1. The van der Waals surface area contributed by atoms with E-state index in [0.29, 0.717) is 27.8 Å². The van der Waals surface area contributed by atoms with Gasteiger partial charge in [-0.3, -0.25) is 9.52 Å². The van der Waals surface area contributed by atoms with Gasteiger partial charge in [0.2, 0.25) is 5.78 Å². The van der Waals surface area contributed by atoms with Crippen LogP contribution in [0.3, 0.4) is 0 Å². The molecule has 1 unspecified atom stereocenters. The van der Waals surface area contributed by atoms with Crippen molar-refractivity contribution >= 4 is 48.9 Å². The smallest absolute Gasteiger partial charge is 0.263 e. The zero-order valence-corrected chi connectivity index (χ0v) is 19.7. The Morgan fingerprint density at radius 3 is 2.70 bits per heavy atom. The van der Waals surface area contributed by atoms with E-state index in [-0.39, 0.29) is 16.5 Å². The third kappa shape index (κ3) is 4.00. The summed E-state index contributed by atoms with van der Waals surface area (Å²) in [7, 11) is -3.87. The van der Waals surface area contributed by atoms with Crippen molar-refractivity contribution in [2.75, 3.05) is 10.5 Å². The molecule has 0 amide bonds. The highest BCUT2D eigenvalue weighted by Gasteiger charge is 2.24. The molecule has 1 aliphatic carbocycles. The number of hydrogen-bond donors (Lipinski definition) is 2. The number of sulfonamides is 1. The molecule has 3 N–H and O–H groups in total. The van der Waals surface area contributed by atoms with Crippen LogP contribution in [0.5, 0.6) is 0 Å². The minimum atomic E-state index is -3.87. The molecule has 8 nitrogen and oxygen atoms in total. The maximum absolute atomic E-state index is 13.2. The van der Waals surface area contributed by atoms with Crippen molar-refractivity contribution in [3.05, 3.63) is 63.9 Å². The molecule has 0 saturated heterocycles. The van der Waals surface area contributed by atoms with Crippen LogP contribution < -0.4 is 10.5 Å². The van der Waals surface area contributed by atoms with Crippen molar-refractivity contribution in [1.82, 2.24) is 10.1 Å². The Labute approximate surface area is 194 Å². The lowest BCUT2D eigenvalue weighted by Gasteiger charge is -2.20. The minimum Gasteiger partial charge on any atom is -0.397 e. The summed E-state index contributed by atoms with van der Waals surface area (Å²) < 4.78 is 32.4. The van der Waals surface area contributed by atoms with Crippen LogP contribution in [0.25, 0.3) is 10.2 Å². The summed E-state index contributed by atoms with van der Waals surface area (Å²) in [5.74, 6) is 0.927. The highest BCUT2D eigenvalue weighted by molar-refractivity contribution is 7.92. The molecule has 0 spiro atoms. The summed E-state index contributed by atoms with van der Waals surface area (Å²) in [4.78, 5) is 19.1. The summed E-state index contributed by atoms with van der Waals surface area (Å²) in [5.41, 5.74) is 9.43. The van der Waals surface area contributed by atoms with Gasteiger partial charge in [-0.15, -0.1) is 11.3 Å². The predicted molar refractivity (Wildman–Crippen MR) is 127 cm³/mol. The van der Waals surface area contributed by atoms with Crippen molar-refractivity contribution in [3.8, 4) is 0 Å². The molecule has 0 saturated carbocycles. The molecule has 170 valence electrons. The molecule has 0 fully saturated rings. The Morgan fingerprint density at radius 1 is 1.24 bits per heavy atom. The molecule has 3 aromatic heterocycles. The van der Waals surface area contributed by atoms with Gasteiger partial charge in [0.15, 0.2) is 5.82 Å². The Morgan fingerprint density at radius 2 is 2.00 bits per heavy atom. The number of carbonyl (C=O) groups is 1. The summed E-state index contributed by atoms with van der Waals surface area (Å²) in [6.45, 7) is 3.89. The van der Waals surface area contributed by atoms with E-state index in [9.17, 15) is 13.2 Å². The molecule has 0 bridgehead atoms. The van der Waals surface area contributed by atoms with E-state index in [0.717, 1.165) is 35.2 Å². The Kier molecular flexibility index (Phi) is 5.21. The average molecular weight is 483 g/mol. The largest absolute Gasteiger partial charge is 0.397 e. The van der Waals surface area contributed by atoms with Gasteiger partial charge in [0.25, 0.3) is 10.0 Å². The number of rotatable bonds is 5. The Balaban J connectivity index is 1.43. The molecule has 0 radical (unpaired) electrons. The number of anilines is 2. The number of carbonyl (C=O) groups excluding carboxylic acids is 1. The lowest BCUT2D eigenvalue weighted by Crippen LogP contribution is -2.13. The molecule has 3 heterocycles. The topological polar surface area (TPSA) is 128 Å². The van der Waals surface area contributed by atoms with E-state index in [1.54, 1.807) is 6.92 Å². The van der Waals surface area contributed by atoms with Gasteiger partial charge in [0, 0.05) is 22.7 Å². The quantitative estimate of drug-likeness (QED) is 0.405. The van der Waals surface area contributed by atoms with Crippen LogP contribution in [0.1, 0.15) is 45.6 Å². The number of ketones is 1. The normalized spacial score (nSPS) is 16.0. The van der Waals surface area contributed by atoms with Crippen LogP contribution in [-0.2, 0) is 22.9 Å². The van der Waals surface area contributed by atoms with Gasteiger partial charge in [0.1, 0.15) is 15.5 Å². The number of fused-ring (bicyclic) bond motifs is 2.